The topological polar surface area (TPSA) is 55.1 Å². The Balaban J connectivity index is 1.52. The summed E-state index contributed by atoms with van der Waals surface area (Å²) in [7, 11) is 0. The summed E-state index contributed by atoms with van der Waals surface area (Å²) < 4.78 is 5.77. The van der Waals surface area contributed by atoms with Crippen LogP contribution in [0.3, 0.4) is 0 Å². The minimum absolute atomic E-state index is 0.266. The van der Waals surface area contributed by atoms with Crippen LogP contribution in [0.1, 0.15) is 37.7 Å². The van der Waals surface area contributed by atoms with Crippen molar-refractivity contribution in [2.24, 2.45) is 0 Å². The zero-order valence-corrected chi connectivity index (χ0v) is 16.3. The Labute approximate surface area is 161 Å². The summed E-state index contributed by atoms with van der Waals surface area (Å²) in [4.78, 5) is 18.1. The summed E-state index contributed by atoms with van der Waals surface area (Å²) in [5.41, 5.74) is 5.19. The number of furan rings is 1. The number of hydrogen-bond donors (Lipinski definition) is 1. The molecule has 0 aliphatic rings. The van der Waals surface area contributed by atoms with E-state index in [0.29, 0.717) is 10.9 Å². The van der Waals surface area contributed by atoms with Crippen LogP contribution in [-0.2, 0) is 6.42 Å². The van der Waals surface area contributed by atoms with Gasteiger partial charge in [0, 0.05) is 28.4 Å². The number of rotatable bonds is 4. The first-order valence-corrected chi connectivity index (χ1v) is 9.62. The van der Waals surface area contributed by atoms with E-state index < -0.39 is 0 Å². The fourth-order valence-electron chi connectivity index (χ4n) is 3.18. The molecule has 2 heterocycles. The molecule has 1 N–H and O–H groups in total. The second-order valence-corrected chi connectivity index (χ2v) is 7.92. The van der Waals surface area contributed by atoms with E-state index in [1.54, 1.807) is 0 Å². The van der Waals surface area contributed by atoms with Crippen LogP contribution in [0, 0.1) is 20.8 Å². The largest absolute Gasteiger partial charge is 0.451 e. The van der Waals surface area contributed by atoms with Crippen molar-refractivity contribution >= 4 is 33.3 Å². The van der Waals surface area contributed by atoms with Crippen LogP contribution in [-0.4, -0.2) is 10.9 Å². The Morgan fingerprint density at radius 3 is 2.74 bits per heavy atom. The molecule has 0 atom stereocenters. The Morgan fingerprint density at radius 2 is 1.93 bits per heavy atom. The fraction of sp³-hybridized carbons (Fsp3) is 0.182. The van der Waals surface area contributed by atoms with E-state index in [9.17, 15) is 4.79 Å². The van der Waals surface area contributed by atoms with Crippen LogP contribution in [0.25, 0.3) is 11.0 Å². The molecule has 0 spiro atoms. The smallest absolute Gasteiger partial charge is 0.293 e. The lowest BCUT2D eigenvalue weighted by molar-refractivity contribution is 0.0998. The van der Waals surface area contributed by atoms with Crippen LogP contribution >= 0.6 is 11.3 Å². The third-order valence-electron chi connectivity index (χ3n) is 4.53. The summed E-state index contributed by atoms with van der Waals surface area (Å²) in [6.07, 6.45) is 2.62. The van der Waals surface area contributed by atoms with Gasteiger partial charge in [-0.15, -0.1) is 11.3 Å². The maximum absolute atomic E-state index is 12.7. The van der Waals surface area contributed by atoms with Gasteiger partial charge in [-0.25, -0.2) is 4.98 Å². The number of amides is 1. The van der Waals surface area contributed by atoms with Gasteiger partial charge in [0.15, 0.2) is 10.9 Å². The van der Waals surface area contributed by atoms with E-state index in [1.165, 1.54) is 22.5 Å². The Morgan fingerprint density at radius 1 is 1.11 bits per heavy atom. The molecular formula is C22H20N2O2S. The van der Waals surface area contributed by atoms with Crippen molar-refractivity contribution in [3.63, 3.8) is 0 Å². The molecule has 0 radical (unpaired) electrons. The predicted molar refractivity (Wildman–Crippen MR) is 110 cm³/mol. The molecule has 4 aromatic rings. The third-order valence-corrected chi connectivity index (χ3v) is 5.45. The number of aryl methyl sites for hydroxylation is 3. The molecule has 136 valence electrons. The molecule has 4 rings (SSSR count). The van der Waals surface area contributed by atoms with Crippen LogP contribution in [0.4, 0.5) is 5.13 Å². The molecule has 0 fully saturated rings. The fourth-order valence-corrected chi connectivity index (χ4v) is 4.02. The number of carbonyl (C=O) groups excluding carboxylic acids is 1. The van der Waals surface area contributed by atoms with Gasteiger partial charge in [0.05, 0.1) is 0 Å². The van der Waals surface area contributed by atoms with Crippen molar-refractivity contribution in [1.29, 1.82) is 0 Å². The van der Waals surface area contributed by atoms with Gasteiger partial charge in [-0.2, -0.15) is 0 Å². The van der Waals surface area contributed by atoms with Gasteiger partial charge in [-0.1, -0.05) is 41.5 Å². The van der Waals surface area contributed by atoms with Crippen LogP contribution in [0.15, 0.2) is 53.1 Å². The number of benzene rings is 2. The van der Waals surface area contributed by atoms with Crippen LogP contribution in [0.5, 0.6) is 0 Å². The molecule has 0 saturated carbocycles. The van der Waals surface area contributed by atoms with Gasteiger partial charge in [0.25, 0.3) is 5.91 Å². The first-order valence-electron chi connectivity index (χ1n) is 8.81. The molecular weight excluding hydrogens is 356 g/mol. The average Bonchev–Trinajstić information content (AvgIpc) is 3.19. The highest BCUT2D eigenvalue weighted by Gasteiger charge is 2.19. The van der Waals surface area contributed by atoms with Crippen molar-refractivity contribution in [3.05, 3.63) is 81.6 Å². The van der Waals surface area contributed by atoms with Crippen LogP contribution in [0.2, 0.25) is 0 Å². The van der Waals surface area contributed by atoms with E-state index >= 15 is 0 Å². The van der Waals surface area contributed by atoms with Crippen molar-refractivity contribution in [2.45, 2.75) is 27.2 Å². The van der Waals surface area contributed by atoms with Gasteiger partial charge in [-0.05, 0) is 38.5 Å². The van der Waals surface area contributed by atoms with Gasteiger partial charge in [0.1, 0.15) is 5.58 Å². The zero-order valence-electron chi connectivity index (χ0n) is 15.5. The number of nitrogens with one attached hydrogen (secondary N) is 1. The SMILES string of the molecule is Cc1cccc(Cc2cnc(NC(=O)c3oc4ccc(C)cc4c3C)s2)c1. The molecule has 0 aliphatic carbocycles. The van der Waals surface area contributed by atoms with Crippen molar-refractivity contribution in [3.8, 4) is 0 Å². The Kier molecular flexibility index (Phi) is 4.54. The quantitative estimate of drug-likeness (QED) is 0.500. The Hall–Kier alpha value is -2.92. The molecule has 2 aromatic carbocycles. The zero-order chi connectivity index (χ0) is 19.0. The number of thiazole rings is 1. The highest BCUT2D eigenvalue weighted by Crippen LogP contribution is 2.28. The first kappa shape index (κ1) is 17.5. The lowest BCUT2D eigenvalue weighted by atomic mass is 10.1. The number of nitrogens with zero attached hydrogens (tertiary/aromatic N) is 1. The highest BCUT2D eigenvalue weighted by molar-refractivity contribution is 7.15. The predicted octanol–water partition coefficient (Wildman–Crippen LogP) is 5.66. The molecule has 0 aliphatic heterocycles. The summed E-state index contributed by atoms with van der Waals surface area (Å²) in [5.74, 6) is 0.0730. The molecule has 0 bridgehead atoms. The molecule has 27 heavy (non-hydrogen) atoms. The van der Waals surface area contributed by atoms with E-state index in [1.807, 2.05) is 38.2 Å². The molecule has 0 saturated heterocycles. The summed E-state index contributed by atoms with van der Waals surface area (Å²) in [6.45, 7) is 6.02. The van der Waals surface area contributed by atoms with Gasteiger partial charge >= 0.3 is 0 Å². The number of anilines is 1. The second-order valence-electron chi connectivity index (χ2n) is 6.81. The number of fused-ring (bicyclic) bond motifs is 1. The monoisotopic (exact) mass is 376 g/mol. The summed E-state index contributed by atoms with van der Waals surface area (Å²) >= 11 is 1.49. The summed E-state index contributed by atoms with van der Waals surface area (Å²) in [5, 5.41) is 4.42. The summed E-state index contributed by atoms with van der Waals surface area (Å²) in [6, 6.07) is 14.3. The van der Waals surface area contributed by atoms with E-state index in [0.717, 1.165) is 33.4 Å². The highest BCUT2D eigenvalue weighted by atomic mass is 32.1. The minimum Gasteiger partial charge on any atom is -0.451 e. The minimum atomic E-state index is -0.266. The molecule has 4 nitrogen and oxygen atoms in total. The maximum Gasteiger partial charge on any atom is 0.293 e. The normalized spacial score (nSPS) is 11.1. The van der Waals surface area contributed by atoms with Crippen molar-refractivity contribution in [1.82, 2.24) is 4.98 Å². The average molecular weight is 376 g/mol. The second kappa shape index (κ2) is 7.00. The van der Waals surface area contributed by atoms with Crippen molar-refractivity contribution < 1.29 is 9.21 Å². The lowest BCUT2D eigenvalue weighted by Crippen LogP contribution is -2.11. The van der Waals surface area contributed by atoms with Crippen molar-refractivity contribution in [2.75, 3.05) is 5.32 Å². The first-order chi connectivity index (χ1) is 13.0. The standard InChI is InChI=1S/C22H20N2O2S/c1-13-5-4-6-16(9-13)11-17-12-23-22(27-17)24-21(25)20-15(3)18-10-14(2)7-8-19(18)26-20/h4-10,12H,11H2,1-3H3,(H,23,24,25). The van der Waals surface area contributed by atoms with Gasteiger partial charge in [-0.3, -0.25) is 10.1 Å². The van der Waals surface area contributed by atoms with Crippen LogP contribution < -0.4 is 5.32 Å². The van der Waals surface area contributed by atoms with Gasteiger partial charge in [0.2, 0.25) is 0 Å². The molecule has 5 heteroatoms. The van der Waals surface area contributed by atoms with Gasteiger partial charge < -0.3 is 4.42 Å². The lowest BCUT2D eigenvalue weighted by Gasteiger charge is -2.00. The molecule has 2 aromatic heterocycles. The maximum atomic E-state index is 12.7. The third kappa shape index (κ3) is 3.64. The Bertz CT molecular complexity index is 1140. The van der Waals surface area contributed by atoms with E-state index in [4.69, 9.17) is 4.42 Å². The van der Waals surface area contributed by atoms with E-state index in [2.05, 4.69) is 41.5 Å². The molecule has 0 unspecified atom stereocenters. The molecule has 1 amide bonds. The number of aromatic nitrogens is 1. The number of carbonyl (C=O) groups is 1. The van der Waals surface area contributed by atoms with E-state index in [-0.39, 0.29) is 5.91 Å². The number of hydrogen-bond acceptors (Lipinski definition) is 4.